The zero-order valence-corrected chi connectivity index (χ0v) is 22.8. The number of aromatic nitrogens is 4. The van der Waals surface area contributed by atoms with Gasteiger partial charge >= 0.3 is 14.4 Å². The monoisotopic (exact) mass is 599 g/mol. The summed E-state index contributed by atoms with van der Waals surface area (Å²) < 4.78 is 71.1. The molecule has 2 N–H and O–H groups in total. The van der Waals surface area contributed by atoms with E-state index in [9.17, 15) is 28.4 Å². The van der Waals surface area contributed by atoms with E-state index in [0.717, 1.165) is 0 Å². The van der Waals surface area contributed by atoms with Crippen molar-refractivity contribution in [2.75, 3.05) is 0 Å². The number of hydrogen-bond acceptors (Lipinski definition) is 8. The summed E-state index contributed by atoms with van der Waals surface area (Å²) in [5.74, 6) is -0.143. The molecule has 2 bridgehead atoms. The van der Waals surface area contributed by atoms with Gasteiger partial charge in [-0.25, -0.2) is 23.9 Å². The molecule has 4 heterocycles. The minimum Gasteiger partial charge on any atom is -0.481 e. The summed E-state index contributed by atoms with van der Waals surface area (Å²) >= 11 is 0. The average molecular weight is 599 g/mol. The van der Waals surface area contributed by atoms with E-state index < -0.39 is 38.0 Å². The molecule has 216 valence electrons. The molecular formula is C27H21F3N5O6P. The predicted octanol–water partition coefficient (Wildman–Crippen LogP) is 5.51. The fourth-order valence-electron chi connectivity index (χ4n) is 5.48. The van der Waals surface area contributed by atoms with E-state index in [1.807, 2.05) is 6.07 Å². The van der Waals surface area contributed by atoms with Crippen molar-refractivity contribution in [2.24, 2.45) is 0 Å². The average Bonchev–Trinajstić information content (AvgIpc) is 3.37. The smallest absolute Gasteiger partial charge is 0.470 e. The van der Waals surface area contributed by atoms with Crippen LogP contribution in [0.15, 0.2) is 48.8 Å². The van der Waals surface area contributed by atoms with Gasteiger partial charge in [0.25, 0.3) is 0 Å². The van der Waals surface area contributed by atoms with E-state index in [1.165, 1.54) is 56.6 Å². The quantitative estimate of drug-likeness (QED) is 0.214. The maximum atomic E-state index is 15.4. The summed E-state index contributed by atoms with van der Waals surface area (Å²) in [5, 5.41) is 9.34. The molecule has 15 heteroatoms. The lowest BCUT2D eigenvalue weighted by atomic mass is 9.96. The number of phosphoric ester groups is 1. The molecular weight excluding hydrogens is 578 g/mol. The van der Waals surface area contributed by atoms with E-state index in [1.54, 1.807) is 10.6 Å². The van der Waals surface area contributed by atoms with Crippen LogP contribution in [-0.2, 0) is 19.4 Å². The normalized spacial score (nSPS) is 18.9. The molecule has 4 aromatic rings. The second-order valence-electron chi connectivity index (χ2n) is 10.1. The highest BCUT2D eigenvalue weighted by Crippen LogP contribution is 2.52. The molecule has 6 rings (SSSR count). The Morgan fingerprint density at radius 2 is 1.98 bits per heavy atom. The van der Waals surface area contributed by atoms with Gasteiger partial charge in [-0.05, 0) is 26.0 Å². The zero-order chi connectivity index (χ0) is 30.0. The SMILES string of the molecule is CC(C)(OP(=O)(O)O)c1ncc(-c2cc3c(cc2F)nc2n3[C@@H]3C[C@H]2O/C(=C\C#N)c2cccc(OC(F)F)c23)cn1. The Morgan fingerprint density at radius 1 is 1.24 bits per heavy atom. The number of hydrogen-bond donors (Lipinski definition) is 2. The summed E-state index contributed by atoms with van der Waals surface area (Å²) in [4.78, 5) is 31.3. The number of halogens is 3. The highest BCUT2D eigenvalue weighted by molar-refractivity contribution is 7.46. The van der Waals surface area contributed by atoms with E-state index in [4.69, 9.17) is 14.0 Å². The molecule has 11 nitrogen and oxygen atoms in total. The van der Waals surface area contributed by atoms with Crippen molar-refractivity contribution in [3.63, 3.8) is 0 Å². The third kappa shape index (κ3) is 4.80. The second-order valence-corrected chi connectivity index (χ2v) is 11.3. The number of rotatable bonds is 6. The first kappa shape index (κ1) is 27.9. The highest BCUT2D eigenvalue weighted by atomic mass is 31.2. The van der Waals surface area contributed by atoms with E-state index in [-0.39, 0.29) is 28.5 Å². The Morgan fingerprint density at radius 3 is 2.64 bits per heavy atom. The number of benzene rings is 2. The zero-order valence-electron chi connectivity index (χ0n) is 21.9. The summed E-state index contributed by atoms with van der Waals surface area (Å²) in [6.45, 7) is -0.332. The molecule has 2 aromatic carbocycles. The Kier molecular flexibility index (Phi) is 6.58. The minimum absolute atomic E-state index is 0.0344. The number of alkyl halides is 2. The van der Waals surface area contributed by atoms with Gasteiger partial charge in [0.1, 0.15) is 22.9 Å². The summed E-state index contributed by atoms with van der Waals surface area (Å²) in [7, 11) is -4.84. The van der Waals surface area contributed by atoms with Crippen LogP contribution in [0.3, 0.4) is 0 Å². The van der Waals surface area contributed by atoms with Gasteiger partial charge in [-0.2, -0.15) is 14.0 Å². The molecule has 0 saturated heterocycles. The van der Waals surface area contributed by atoms with Crippen molar-refractivity contribution in [1.29, 1.82) is 5.26 Å². The molecule has 0 fully saturated rings. The first-order valence-electron chi connectivity index (χ1n) is 12.5. The Hall–Kier alpha value is -4.28. The molecule has 2 atom stereocenters. The number of imidazole rings is 1. The highest BCUT2D eigenvalue weighted by Gasteiger charge is 2.43. The van der Waals surface area contributed by atoms with Crippen LogP contribution in [0.25, 0.3) is 27.9 Å². The minimum atomic E-state index is -4.84. The Balaban J connectivity index is 1.48. The number of ether oxygens (including phenoxy) is 2. The van der Waals surface area contributed by atoms with Gasteiger partial charge in [0, 0.05) is 47.1 Å². The van der Waals surface area contributed by atoms with E-state index >= 15 is 4.39 Å². The maximum absolute atomic E-state index is 15.4. The fraction of sp³-hybridized carbons (Fsp3) is 0.259. The number of nitriles is 1. The van der Waals surface area contributed by atoms with Crippen LogP contribution in [0, 0.1) is 17.1 Å². The first-order chi connectivity index (χ1) is 19.9. The van der Waals surface area contributed by atoms with Crippen molar-refractivity contribution < 1.29 is 41.5 Å². The van der Waals surface area contributed by atoms with Gasteiger partial charge in [0.05, 0.1) is 29.2 Å². The largest absolute Gasteiger partial charge is 0.481 e. The summed E-state index contributed by atoms with van der Waals surface area (Å²) in [6.07, 6.45) is 3.43. The van der Waals surface area contributed by atoms with Crippen molar-refractivity contribution in [1.82, 2.24) is 19.5 Å². The number of allylic oxidation sites excluding steroid dienone is 1. The fourth-order valence-corrected chi connectivity index (χ4v) is 6.15. The van der Waals surface area contributed by atoms with Gasteiger partial charge in [-0.3, -0.25) is 4.52 Å². The molecule has 0 unspecified atom stereocenters. The van der Waals surface area contributed by atoms with Crippen molar-refractivity contribution in [2.45, 2.75) is 44.6 Å². The third-order valence-corrected chi connectivity index (χ3v) is 7.73. The summed E-state index contributed by atoms with van der Waals surface area (Å²) in [5.41, 5.74) is 0.403. The standard InChI is InChI=1S/C27H21F3N5O6P/c1-27(2,41-42(36,37)38)25-32-11-13(12-33-25)15-8-18-17(9-16(15)28)34-24-22-10-19(35(18)24)23-14(20(39-22)6-7-31)4-3-5-21(23)40-26(29)30/h3-6,8-9,11-12,19,22,26H,10H2,1-2H3,(H2,36,37,38)/b20-6-/t19-,22-/m1/s1. The van der Waals surface area contributed by atoms with Crippen LogP contribution in [-0.4, -0.2) is 35.9 Å². The van der Waals surface area contributed by atoms with E-state index in [2.05, 4.69) is 15.0 Å². The molecule has 0 radical (unpaired) electrons. The van der Waals surface area contributed by atoms with Gasteiger partial charge < -0.3 is 23.8 Å². The molecule has 2 aliphatic rings. The van der Waals surface area contributed by atoms with Gasteiger partial charge in [0.2, 0.25) is 0 Å². The van der Waals surface area contributed by atoms with Crippen LogP contribution < -0.4 is 4.74 Å². The Bertz CT molecular complexity index is 1850. The van der Waals surface area contributed by atoms with Crippen LogP contribution in [0.2, 0.25) is 0 Å². The van der Waals surface area contributed by atoms with Crippen LogP contribution >= 0.6 is 7.82 Å². The topological polar surface area (TPSA) is 153 Å². The number of phosphoric acid groups is 1. The van der Waals surface area contributed by atoms with Crippen LogP contribution in [0.5, 0.6) is 5.75 Å². The molecule has 42 heavy (non-hydrogen) atoms. The van der Waals surface area contributed by atoms with Crippen molar-refractivity contribution in [3.05, 3.63) is 77.4 Å². The van der Waals surface area contributed by atoms with Gasteiger partial charge in [0.15, 0.2) is 17.8 Å². The first-order valence-corrected chi connectivity index (χ1v) is 14.0. The maximum Gasteiger partial charge on any atom is 0.470 e. The predicted molar refractivity (Wildman–Crippen MR) is 140 cm³/mol. The molecule has 2 aliphatic heterocycles. The third-order valence-electron chi connectivity index (χ3n) is 7.04. The van der Waals surface area contributed by atoms with Crippen LogP contribution in [0.4, 0.5) is 13.2 Å². The number of fused-ring (bicyclic) bond motifs is 9. The summed E-state index contributed by atoms with van der Waals surface area (Å²) in [6, 6.07) is 8.69. The molecule has 0 aliphatic carbocycles. The molecule has 2 aromatic heterocycles. The molecule has 0 spiro atoms. The second kappa shape index (κ2) is 9.92. The van der Waals surface area contributed by atoms with Crippen molar-refractivity contribution in [3.8, 4) is 22.9 Å². The molecule has 0 amide bonds. The van der Waals surface area contributed by atoms with Crippen LogP contribution in [0.1, 0.15) is 55.2 Å². The number of nitrogens with zero attached hydrogens (tertiary/aromatic N) is 5. The van der Waals surface area contributed by atoms with Crippen molar-refractivity contribution >= 4 is 24.6 Å². The Labute approximate surface area is 236 Å². The van der Waals surface area contributed by atoms with E-state index in [0.29, 0.717) is 34.4 Å². The van der Waals surface area contributed by atoms with Gasteiger partial charge in [-0.1, -0.05) is 12.1 Å². The molecule has 0 saturated carbocycles. The lowest BCUT2D eigenvalue weighted by molar-refractivity contribution is -0.0507. The van der Waals surface area contributed by atoms with Gasteiger partial charge in [-0.15, -0.1) is 0 Å². The lowest BCUT2D eigenvalue weighted by Crippen LogP contribution is -2.23. The lowest BCUT2D eigenvalue weighted by Gasteiger charge is -2.23.